The van der Waals surface area contributed by atoms with Crippen LogP contribution in [0.2, 0.25) is 5.02 Å². The van der Waals surface area contributed by atoms with Crippen molar-refractivity contribution in [3.63, 3.8) is 0 Å². The van der Waals surface area contributed by atoms with E-state index < -0.39 is 0 Å². The molecule has 0 fully saturated rings. The summed E-state index contributed by atoms with van der Waals surface area (Å²) in [4.78, 5) is 0. The maximum Gasteiger partial charge on any atom is 0.0992 e. The van der Waals surface area contributed by atoms with Crippen molar-refractivity contribution in [2.75, 3.05) is 5.73 Å². The van der Waals surface area contributed by atoms with Crippen molar-refractivity contribution in [3.05, 3.63) is 64.7 Å². The van der Waals surface area contributed by atoms with Crippen molar-refractivity contribution in [2.45, 2.75) is 0 Å². The van der Waals surface area contributed by atoms with Gasteiger partial charge in [-0.25, -0.2) is 0 Å². The minimum Gasteiger partial charge on any atom is -0.398 e. The summed E-state index contributed by atoms with van der Waals surface area (Å²) in [5, 5.41) is 4.41. The number of nitrogen functional groups attached to an aromatic ring is 1. The Balaban J connectivity index is 2.54. The van der Waals surface area contributed by atoms with Crippen LogP contribution in [-0.4, -0.2) is 5.71 Å². The molecule has 4 heteroatoms. The van der Waals surface area contributed by atoms with Crippen LogP contribution in [0.15, 0.2) is 53.6 Å². The Hall–Kier alpha value is -2.00. The summed E-state index contributed by atoms with van der Waals surface area (Å²) in [6.07, 6.45) is 0. The largest absolute Gasteiger partial charge is 0.398 e. The highest BCUT2D eigenvalue weighted by Crippen LogP contribution is 2.21. The van der Waals surface area contributed by atoms with Crippen LogP contribution in [0, 0.1) is 0 Å². The maximum absolute atomic E-state index is 5.95. The normalized spacial score (nSPS) is 11.5. The first-order valence-electron chi connectivity index (χ1n) is 5.11. The summed E-state index contributed by atoms with van der Waals surface area (Å²) < 4.78 is 0. The van der Waals surface area contributed by atoms with Crippen LogP contribution in [0.25, 0.3) is 0 Å². The Kier molecular flexibility index (Phi) is 3.30. The lowest BCUT2D eigenvalue weighted by atomic mass is 10.0. The van der Waals surface area contributed by atoms with Crippen LogP contribution in [0.3, 0.4) is 0 Å². The van der Waals surface area contributed by atoms with Crippen LogP contribution < -0.4 is 11.6 Å². The SMILES string of the molecule is N/N=C(/c1ccccc1)c1cc(Cl)ccc1N. The third-order valence-electron chi connectivity index (χ3n) is 2.45. The molecule has 0 saturated heterocycles. The van der Waals surface area contributed by atoms with Gasteiger partial charge in [-0.15, -0.1) is 0 Å². The molecule has 0 radical (unpaired) electrons. The van der Waals surface area contributed by atoms with E-state index in [4.69, 9.17) is 23.2 Å². The molecule has 0 amide bonds. The van der Waals surface area contributed by atoms with Crippen molar-refractivity contribution >= 4 is 23.0 Å². The molecular formula is C13H12ClN3. The molecule has 3 nitrogen and oxygen atoms in total. The Morgan fingerprint density at radius 2 is 1.76 bits per heavy atom. The quantitative estimate of drug-likeness (QED) is 0.370. The summed E-state index contributed by atoms with van der Waals surface area (Å²) in [7, 11) is 0. The fourth-order valence-corrected chi connectivity index (χ4v) is 1.80. The summed E-state index contributed by atoms with van der Waals surface area (Å²) in [6, 6.07) is 14.8. The fraction of sp³-hybridized carbons (Fsp3) is 0. The van der Waals surface area contributed by atoms with E-state index in [-0.39, 0.29) is 0 Å². The first-order chi connectivity index (χ1) is 8.22. The third kappa shape index (κ3) is 2.40. The number of nitrogens with zero attached hydrogens (tertiary/aromatic N) is 1. The fourth-order valence-electron chi connectivity index (χ4n) is 1.63. The lowest BCUT2D eigenvalue weighted by Gasteiger charge is -2.09. The summed E-state index contributed by atoms with van der Waals surface area (Å²) in [5.41, 5.74) is 8.79. The predicted molar refractivity (Wildman–Crippen MR) is 72.1 cm³/mol. The van der Waals surface area contributed by atoms with Gasteiger partial charge in [0.05, 0.1) is 5.71 Å². The highest BCUT2D eigenvalue weighted by molar-refractivity contribution is 6.31. The Bertz CT molecular complexity index is 550. The van der Waals surface area contributed by atoms with Crippen LogP contribution in [0.5, 0.6) is 0 Å². The number of nitrogens with two attached hydrogens (primary N) is 2. The zero-order valence-corrected chi connectivity index (χ0v) is 9.85. The van der Waals surface area contributed by atoms with Crippen molar-refractivity contribution in [2.24, 2.45) is 10.9 Å². The molecule has 0 aliphatic heterocycles. The van der Waals surface area contributed by atoms with Crippen LogP contribution >= 0.6 is 11.6 Å². The summed E-state index contributed by atoms with van der Waals surface area (Å²) in [5.74, 6) is 5.45. The van der Waals surface area contributed by atoms with Crippen LogP contribution in [0.1, 0.15) is 11.1 Å². The Morgan fingerprint density at radius 1 is 1.06 bits per heavy atom. The Labute approximate surface area is 105 Å². The average molecular weight is 246 g/mol. The Morgan fingerprint density at radius 3 is 2.41 bits per heavy atom. The van der Waals surface area contributed by atoms with E-state index in [2.05, 4.69) is 5.10 Å². The van der Waals surface area contributed by atoms with Gasteiger partial charge < -0.3 is 11.6 Å². The van der Waals surface area contributed by atoms with E-state index in [0.29, 0.717) is 16.4 Å². The number of hydrogen-bond acceptors (Lipinski definition) is 3. The molecule has 0 heterocycles. The number of benzene rings is 2. The molecule has 0 atom stereocenters. The second-order valence-corrected chi connectivity index (χ2v) is 4.01. The van der Waals surface area contributed by atoms with Gasteiger partial charge in [0.2, 0.25) is 0 Å². The molecule has 86 valence electrons. The lowest BCUT2D eigenvalue weighted by Crippen LogP contribution is -2.09. The number of rotatable bonds is 2. The van der Waals surface area contributed by atoms with E-state index in [1.807, 2.05) is 30.3 Å². The first kappa shape index (κ1) is 11.5. The topological polar surface area (TPSA) is 64.4 Å². The minimum atomic E-state index is 0.599. The van der Waals surface area contributed by atoms with E-state index in [1.54, 1.807) is 18.2 Å². The van der Waals surface area contributed by atoms with Gasteiger partial charge in [0.25, 0.3) is 0 Å². The van der Waals surface area contributed by atoms with E-state index >= 15 is 0 Å². The lowest BCUT2D eigenvalue weighted by molar-refractivity contribution is 1.24. The van der Waals surface area contributed by atoms with E-state index in [1.165, 1.54) is 0 Å². The predicted octanol–water partition coefficient (Wildman–Crippen LogP) is 2.63. The highest BCUT2D eigenvalue weighted by atomic mass is 35.5. The summed E-state index contributed by atoms with van der Waals surface area (Å²) in [6.45, 7) is 0. The molecule has 0 aliphatic rings. The van der Waals surface area contributed by atoms with Gasteiger partial charge in [-0.05, 0) is 18.2 Å². The smallest absolute Gasteiger partial charge is 0.0992 e. The molecule has 0 bridgehead atoms. The van der Waals surface area contributed by atoms with Crippen LogP contribution in [-0.2, 0) is 0 Å². The number of hydrazone groups is 1. The average Bonchev–Trinajstić information content (AvgIpc) is 2.36. The zero-order chi connectivity index (χ0) is 12.3. The molecule has 0 saturated carbocycles. The van der Waals surface area contributed by atoms with E-state index in [0.717, 1.165) is 11.1 Å². The molecule has 4 N–H and O–H groups in total. The molecule has 2 rings (SSSR count). The third-order valence-corrected chi connectivity index (χ3v) is 2.68. The van der Waals surface area contributed by atoms with E-state index in [9.17, 15) is 0 Å². The molecule has 0 aromatic heterocycles. The monoisotopic (exact) mass is 245 g/mol. The standard InChI is InChI=1S/C13H12ClN3/c14-10-6-7-12(15)11(8-10)13(17-16)9-4-2-1-3-5-9/h1-8H,15-16H2/b17-13-. The molecule has 0 spiro atoms. The minimum absolute atomic E-state index is 0.599. The molecule has 2 aromatic rings. The maximum atomic E-state index is 5.95. The van der Waals surface area contributed by atoms with Crippen molar-refractivity contribution in [3.8, 4) is 0 Å². The van der Waals surface area contributed by atoms with Gasteiger partial charge in [0.1, 0.15) is 0 Å². The summed E-state index contributed by atoms with van der Waals surface area (Å²) >= 11 is 5.95. The molecule has 0 unspecified atom stereocenters. The van der Waals surface area contributed by atoms with Gasteiger partial charge in [0.15, 0.2) is 0 Å². The van der Waals surface area contributed by atoms with Crippen molar-refractivity contribution in [1.29, 1.82) is 0 Å². The number of hydrogen-bond donors (Lipinski definition) is 2. The number of anilines is 1. The zero-order valence-electron chi connectivity index (χ0n) is 9.10. The van der Waals surface area contributed by atoms with Gasteiger partial charge >= 0.3 is 0 Å². The van der Waals surface area contributed by atoms with Gasteiger partial charge in [-0.3, -0.25) is 0 Å². The van der Waals surface area contributed by atoms with Crippen LogP contribution in [0.4, 0.5) is 5.69 Å². The second kappa shape index (κ2) is 4.89. The number of halogens is 1. The molecule has 17 heavy (non-hydrogen) atoms. The highest BCUT2D eigenvalue weighted by Gasteiger charge is 2.10. The molecule has 0 aliphatic carbocycles. The molecular weight excluding hydrogens is 234 g/mol. The van der Waals surface area contributed by atoms with Crippen molar-refractivity contribution in [1.82, 2.24) is 0 Å². The van der Waals surface area contributed by atoms with Crippen molar-refractivity contribution < 1.29 is 0 Å². The molecule has 2 aromatic carbocycles. The van der Waals surface area contributed by atoms with Gasteiger partial charge in [0, 0.05) is 21.8 Å². The van der Waals surface area contributed by atoms with Gasteiger partial charge in [-0.1, -0.05) is 41.9 Å². The van der Waals surface area contributed by atoms with Gasteiger partial charge in [-0.2, -0.15) is 5.10 Å². The second-order valence-electron chi connectivity index (χ2n) is 3.58. The first-order valence-corrected chi connectivity index (χ1v) is 5.49.